The first kappa shape index (κ1) is 12.9. The van der Waals surface area contributed by atoms with E-state index in [1.807, 2.05) is 0 Å². The quantitative estimate of drug-likeness (QED) is 0.773. The van der Waals surface area contributed by atoms with E-state index in [0.717, 1.165) is 5.01 Å². The molecule has 0 aliphatic carbocycles. The van der Waals surface area contributed by atoms with Crippen molar-refractivity contribution in [3.63, 3.8) is 0 Å². The molecule has 0 radical (unpaired) electrons. The third-order valence-electron chi connectivity index (χ3n) is 2.74. The maximum atomic E-state index is 12.0. The number of hydrogen-bond acceptors (Lipinski definition) is 6. The predicted octanol–water partition coefficient (Wildman–Crippen LogP) is -0.233. The normalized spacial score (nSPS) is 23.2. The first-order chi connectivity index (χ1) is 8.47. The number of likely N-dealkylation sites (tertiary alicyclic amines) is 1. The van der Waals surface area contributed by atoms with Crippen molar-refractivity contribution >= 4 is 28.3 Å². The molecule has 1 aliphatic heterocycles. The predicted molar refractivity (Wildman–Crippen MR) is 65.1 cm³/mol. The minimum Gasteiger partial charge on any atom is -0.391 e. The highest BCUT2D eigenvalue weighted by atomic mass is 32.1. The summed E-state index contributed by atoms with van der Waals surface area (Å²) in [5, 5.41) is 20.9. The second-order valence-corrected chi connectivity index (χ2v) is 5.37. The van der Waals surface area contributed by atoms with Crippen LogP contribution in [0.3, 0.4) is 0 Å². The molecule has 1 aliphatic rings. The van der Waals surface area contributed by atoms with E-state index in [2.05, 4.69) is 15.5 Å². The molecule has 2 heterocycles. The van der Waals surface area contributed by atoms with Gasteiger partial charge in [0.15, 0.2) is 0 Å². The third kappa shape index (κ3) is 2.65. The Morgan fingerprint density at radius 1 is 1.50 bits per heavy atom. The first-order valence-corrected chi connectivity index (χ1v) is 6.35. The molecule has 0 unspecified atom stereocenters. The molecular weight excluding hydrogens is 256 g/mol. The molecule has 2 N–H and O–H groups in total. The summed E-state index contributed by atoms with van der Waals surface area (Å²) in [5.74, 6) is -0.557. The van der Waals surface area contributed by atoms with Gasteiger partial charge in [0, 0.05) is 19.9 Å². The van der Waals surface area contributed by atoms with Gasteiger partial charge in [-0.25, -0.2) is 0 Å². The van der Waals surface area contributed by atoms with Crippen LogP contribution in [0.1, 0.15) is 18.4 Å². The van der Waals surface area contributed by atoms with Crippen molar-refractivity contribution in [1.82, 2.24) is 15.1 Å². The first-order valence-electron chi connectivity index (χ1n) is 5.53. The van der Waals surface area contributed by atoms with Crippen LogP contribution < -0.4 is 5.32 Å². The molecule has 0 bridgehead atoms. The number of hydrogen-bond donors (Lipinski definition) is 2. The molecular formula is C10H14N4O3S. The van der Waals surface area contributed by atoms with Crippen molar-refractivity contribution in [3.05, 3.63) is 5.01 Å². The van der Waals surface area contributed by atoms with Crippen LogP contribution in [0.5, 0.6) is 0 Å². The summed E-state index contributed by atoms with van der Waals surface area (Å²) in [6.45, 7) is 3.37. The fraction of sp³-hybridized carbons (Fsp3) is 0.600. The highest BCUT2D eigenvalue weighted by molar-refractivity contribution is 7.15. The number of rotatable bonds is 2. The summed E-state index contributed by atoms with van der Waals surface area (Å²) in [7, 11) is 0. The highest BCUT2D eigenvalue weighted by Crippen LogP contribution is 2.21. The maximum absolute atomic E-state index is 12.0. The van der Waals surface area contributed by atoms with Crippen molar-refractivity contribution in [2.75, 3.05) is 11.9 Å². The number of carbonyl (C=O) groups excluding carboxylic acids is 2. The molecule has 1 aromatic heterocycles. The minimum atomic E-state index is -0.652. The van der Waals surface area contributed by atoms with E-state index < -0.39 is 12.1 Å². The second-order valence-electron chi connectivity index (χ2n) is 4.19. The van der Waals surface area contributed by atoms with Gasteiger partial charge >= 0.3 is 0 Å². The number of aryl methyl sites for hydroxylation is 1. The lowest BCUT2D eigenvalue weighted by molar-refractivity contribution is -0.134. The zero-order chi connectivity index (χ0) is 13.3. The van der Waals surface area contributed by atoms with Crippen LogP contribution in [-0.2, 0) is 9.59 Å². The molecule has 8 heteroatoms. The standard InChI is InChI=1S/C10H14N4O3S/c1-5-12-13-10(18-5)11-9(17)8-3-7(16)4-14(8)6(2)15/h7-8,16H,3-4H2,1-2H3,(H,11,13,17)/t7-,8-/m1/s1. The average molecular weight is 270 g/mol. The Labute approximate surface area is 108 Å². The monoisotopic (exact) mass is 270 g/mol. The summed E-state index contributed by atoms with van der Waals surface area (Å²) < 4.78 is 0. The molecule has 2 atom stereocenters. The molecule has 2 rings (SSSR count). The summed E-state index contributed by atoms with van der Waals surface area (Å²) in [6, 6.07) is -0.637. The number of amides is 2. The summed E-state index contributed by atoms with van der Waals surface area (Å²) in [4.78, 5) is 24.7. The van der Waals surface area contributed by atoms with Crippen LogP contribution in [0.25, 0.3) is 0 Å². The molecule has 7 nitrogen and oxygen atoms in total. The number of aliphatic hydroxyl groups is 1. The molecule has 2 amide bonds. The molecule has 0 spiro atoms. The Hall–Kier alpha value is -1.54. The molecule has 1 aromatic rings. The fourth-order valence-corrected chi connectivity index (χ4v) is 2.54. The van der Waals surface area contributed by atoms with Crippen LogP contribution in [-0.4, -0.2) is 50.7 Å². The molecule has 98 valence electrons. The van der Waals surface area contributed by atoms with E-state index in [1.54, 1.807) is 6.92 Å². The van der Waals surface area contributed by atoms with Gasteiger partial charge in [0.1, 0.15) is 11.0 Å². The van der Waals surface area contributed by atoms with Gasteiger partial charge < -0.3 is 10.0 Å². The second kappa shape index (κ2) is 4.99. The molecule has 18 heavy (non-hydrogen) atoms. The van der Waals surface area contributed by atoms with Crippen LogP contribution >= 0.6 is 11.3 Å². The van der Waals surface area contributed by atoms with Gasteiger partial charge in [0.25, 0.3) is 0 Å². The smallest absolute Gasteiger partial charge is 0.249 e. The van der Waals surface area contributed by atoms with Crippen LogP contribution in [0, 0.1) is 6.92 Å². The number of carbonyl (C=O) groups is 2. The number of anilines is 1. The summed E-state index contributed by atoms with van der Waals surface area (Å²) in [6.07, 6.45) is -0.399. The van der Waals surface area contributed by atoms with Crippen molar-refractivity contribution in [1.29, 1.82) is 0 Å². The molecule has 1 fully saturated rings. The van der Waals surface area contributed by atoms with Crippen molar-refractivity contribution in [2.45, 2.75) is 32.4 Å². The Kier molecular flexibility index (Phi) is 3.58. The summed E-state index contributed by atoms with van der Waals surface area (Å²) in [5.41, 5.74) is 0. The zero-order valence-electron chi connectivity index (χ0n) is 10.1. The Bertz CT molecular complexity index is 475. The summed E-state index contributed by atoms with van der Waals surface area (Å²) >= 11 is 1.27. The minimum absolute atomic E-state index is 0.197. The lowest BCUT2D eigenvalue weighted by Crippen LogP contribution is -2.42. The van der Waals surface area contributed by atoms with Gasteiger partial charge in [0.05, 0.1) is 6.10 Å². The maximum Gasteiger partial charge on any atom is 0.249 e. The van der Waals surface area contributed by atoms with E-state index in [-0.39, 0.29) is 24.8 Å². The Balaban J connectivity index is 2.06. The highest BCUT2D eigenvalue weighted by Gasteiger charge is 2.37. The van der Waals surface area contributed by atoms with Gasteiger partial charge in [-0.3, -0.25) is 14.9 Å². The van der Waals surface area contributed by atoms with Gasteiger partial charge in [-0.2, -0.15) is 0 Å². The van der Waals surface area contributed by atoms with Gasteiger partial charge in [-0.05, 0) is 6.92 Å². The number of aliphatic hydroxyl groups excluding tert-OH is 1. The zero-order valence-corrected chi connectivity index (χ0v) is 10.9. The molecule has 1 saturated heterocycles. The van der Waals surface area contributed by atoms with E-state index in [1.165, 1.54) is 23.2 Å². The lowest BCUT2D eigenvalue weighted by atomic mass is 10.2. The molecule has 0 saturated carbocycles. The number of nitrogens with zero attached hydrogens (tertiary/aromatic N) is 3. The SMILES string of the molecule is CC(=O)N1C[C@H](O)C[C@@H]1C(=O)Nc1nnc(C)s1. The Morgan fingerprint density at radius 3 is 2.78 bits per heavy atom. The number of β-amino-alcohol motifs (C(OH)–C–C–N with tert-alkyl or cyclic N) is 1. The van der Waals surface area contributed by atoms with E-state index in [9.17, 15) is 14.7 Å². The topological polar surface area (TPSA) is 95.4 Å². The van der Waals surface area contributed by atoms with Crippen molar-refractivity contribution in [2.24, 2.45) is 0 Å². The van der Waals surface area contributed by atoms with Crippen molar-refractivity contribution < 1.29 is 14.7 Å². The van der Waals surface area contributed by atoms with Crippen molar-refractivity contribution in [3.8, 4) is 0 Å². The van der Waals surface area contributed by atoms with E-state index >= 15 is 0 Å². The van der Waals surface area contributed by atoms with Crippen LogP contribution in [0.4, 0.5) is 5.13 Å². The van der Waals surface area contributed by atoms with Gasteiger partial charge in [0.2, 0.25) is 16.9 Å². The van der Waals surface area contributed by atoms with Crippen LogP contribution in [0.2, 0.25) is 0 Å². The third-order valence-corrected chi connectivity index (χ3v) is 3.50. The van der Waals surface area contributed by atoms with E-state index in [0.29, 0.717) is 5.13 Å². The lowest BCUT2D eigenvalue weighted by Gasteiger charge is -2.21. The van der Waals surface area contributed by atoms with Gasteiger partial charge in [-0.15, -0.1) is 10.2 Å². The largest absolute Gasteiger partial charge is 0.391 e. The van der Waals surface area contributed by atoms with E-state index in [4.69, 9.17) is 0 Å². The van der Waals surface area contributed by atoms with Gasteiger partial charge in [-0.1, -0.05) is 11.3 Å². The van der Waals surface area contributed by atoms with Crippen LogP contribution in [0.15, 0.2) is 0 Å². The average Bonchev–Trinajstić information content (AvgIpc) is 2.85. The Morgan fingerprint density at radius 2 is 2.22 bits per heavy atom. The fourth-order valence-electron chi connectivity index (χ4n) is 1.95. The number of aromatic nitrogens is 2. The molecule has 0 aromatic carbocycles. The number of nitrogens with one attached hydrogen (secondary N) is 1.